The van der Waals surface area contributed by atoms with Gasteiger partial charge in [-0.1, -0.05) is 24.3 Å². The van der Waals surface area contributed by atoms with E-state index in [-0.39, 0.29) is 17.7 Å². The van der Waals surface area contributed by atoms with Gasteiger partial charge in [-0.2, -0.15) is 5.10 Å². The lowest BCUT2D eigenvalue weighted by Crippen LogP contribution is -2.43. The molecule has 5 rings (SSSR count). The summed E-state index contributed by atoms with van der Waals surface area (Å²) in [6.45, 7) is 1.64. The van der Waals surface area contributed by atoms with Crippen LogP contribution >= 0.6 is 0 Å². The van der Waals surface area contributed by atoms with Crippen molar-refractivity contribution in [3.8, 4) is 5.69 Å². The van der Waals surface area contributed by atoms with E-state index < -0.39 is 0 Å². The number of nitrogens with one attached hydrogen (secondary N) is 1. The van der Waals surface area contributed by atoms with Crippen LogP contribution in [0.1, 0.15) is 46.6 Å². The molecule has 7 heteroatoms. The fourth-order valence-electron chi connectivity index (χ4n) is 4.72. The largest absolute Gasteiger partial charge is 0.352 e. The maximum atomic E-state index is 13.3. The number of nitrogens with zero attached hydrogens (tertiary/aromatic N) is 4. The van der Waals surface area contributed by atoms with E-state index in [9.17, 15) is 9.59 Å². The maximum Gasteiger partial charge on any atom is 0.274 e. The lowest BCUT2D eigenvalue weighted by molar-refractivity contribution is -0.126. The van der Waals surface area contributed by atoms with E-state index in [1.165, 1.54) is 0 Å². The van der Waals surface area contributed by atoms with Crippen molar-refractivity contribution in [3.63, 3.8) is 0 Å². The van der Waals surface area contributed by atoms with E-state index in [4.69, 9.17) is 5.10 Å². The molecular weight excluding hydrogens is 402 g/mol. The van der Waals surface area contributed by atoms with Crippen molar-refractivity contribution in [2.75, 3.05) is 13.1 Å². The third-order valence-electron chi connectivity index (χ3n) is 6.48. The van der Waals surface area contributed by atoms with Gasteiger partial charge in [-0.05, 0) is 55.9 Å². The van der Waals surface area contributed by atoms with Crippen LogP contribution < -0.4 is 5.32 Å². The van der Waals surface area contributed by atoms with Crippen LogP contribution in [0.5, 0.6) is 0 Å². The molecule has 0 radical (unpaired) electrons. The minimum atomic E-state index is -0.0664. The van der Waals surface area contributed by atoms with Gasteiger partial charge < -0.3 is 10.2 Å². The van der Waals surface area contributed by atoms with E-state index in [1.807, 2.05) is 52.0 Å². The lowest BCUT2D eigenvalue weighted by atomic mass is 9.95. The summed E-state index contributed by atoms with van der Waals surface area (Å²) in [4.78, 5) is 31.9. The van der Waals surface area contributed by atoms with Crippen LogP contribution in [0.2, 0.25) is 0 Å². The van der Waals surface area contributed by atoms with Gasteiger partial charge in [0.25, 0.3) is 5.91 Å². The van der Waals surface area contributed by atoms with Crippen molar-refractivity contribution in [1.29, 1.82) is 0 Å². The summed E-state index contributed by atoms with van der Waals surface area (Å²) < 4.78 is 1.94. The Balaban J connectivity index is 1.23. The average Bonchev–Trinajstić information content (AvgIpc) is 3.46. The molecular formula is C25H27N5O2. The van der Waals surface area contributed by atoms with Crippen molar-refractivity contribution >= 4 is 11.8 Å². The number of benzene rings is 1. The van der Waals surface area contributed by atoms with Gasteiger partial charge in [0.15, 0.2) is 5.69 Å². The number of carbonyl (C=O) groups is 2. The molecule has 0 unspecified atom stereocenters. The van der Waals surface area contributed by atoms with Gasteiger partial charge in [0.1, 0.15) is 0 Å². The molecule has 32 heavy (non-hydrogen) atoms. The Morgan fingerprint density at radius 3 is 2.59 bits per heavy atom. The third-order valence-corrected chi connectivity index (χ3v) is 6.48. The molecule has 0 atom stereocenters. The summed E-state index contributed by atoms with van der Waals surface area (Å²) in [5.41, 5.74) is 4.81. The van der Waals surface area contributed by atoms with Gasteiger partial charge in [0.2, 0.25) is 5.91 Å². The fraction of sp³-hybridized carbons (Fsp3) is 0.360. The predicted octanol–water partition coefficient (Wildman–Crippen LogP) is 2.92. The maximum absolute atomic E-state index is 13.3. The Bertz CT molecular complexity index is 1100. The average molecular weight is 430 g/mol. The van der Waals surface area contributed by atoms with E-state index in [1.54, 1.807) is 12.4 Å². The molecule has 1 fully saturated rings. The molecule has 1 aliphatic carbocycles. The number of rotatable bonds is 5. The third kappa shape index (κ3) is 4.02. The number of hydrogen-bond donors (Lipinski definition) is 1. The first-order chi connectivity index (χ1) is 15.7. The van der Waals surface area contributed by atoms with Gasteiger partial charge in [0.05, 0.1) is 5.69 Å². The standard InChI is InChI=1S/C25H27N5O2/c31-24(27-17-18-6-5-13-26-16-18)19-11-14-29(15-12-19)25(32)23-21-9-4-10-22(21)30(28-23)20-7-2-1-3-8-20/h1-3,5-8,13,16,19H,4,9-12,14-15,17H2,(H,27,31). The highest BCUT2D eigenvalue weighted by Gasteiger charge is 2.32. The summed E-state index contributed by atoms with van der Waals surface area (Å²) in [6.07, 6.45) is 7.73. The molecule has 2 aliphatic rings. The van der Waals surface area contributed by atoms with Gasteiger partial charge in [-0.25, -0.2) is 4.68 Å². The minimum Gasteiger partial charge on any atom is -0.352 e. The lowest BCUT2D eigenvalue weighted by Gasteiger charge is -2.31. The number of carbonyl (C=O) groups excluding carboxylic acids is 2. The van der Waals surface area contributed by atoms with E-state index >= 15 is 0 Å². The first-order valence-electron chi connectivity index (χ1n) is 11.3. The van der Waals surface area contributed by atoms with Crippen LogP contribution in [0, 0.1) is 5.92 Å². The Morgan fingerprint density at radius 2 is 1.84 bits per heavy atom. The molecule has 2 aromatic heterocycles. The molecule has 0 saturated carbocycles. The van der Waals surface area contributed by atoms with E-state index in [2.05, 4.69) is 10.3 Å². The van der Waals surface area contributed by atoms with Crippen molar-refractivity contribution in [1.82, 2.24) is 25.0 Å². The molecule has 164 valence electrons. The van der Waals surface area contributed by atoms with Crippen LogP contribution in [0.4, 0.5) is 0 Å². The molecule has 1 aromatic carbocycles. The quantitative estimate of drug-likeness (QED) is 0.676. The van der Waals surface area contributed by atoms with Gasteiger partial charge >= 0.3 is 0 Å². The number of aromatic nitrogens is 3. The second-order valence-electron chi connectivity index (χ2n) is 8.52. The molecule has 3 aromatic rings. The summed E-state index contributed by atoms with van der Waals surface area (Å²) in [5, 5.41) is 7.74. The topological polar surface area (TPSA) is 80.1 Å². The van der Waals surface area contributed by atoms with E-state index in [0.717, 1.165) is 41.8 Å². The fourth-order valence-corrected chi connectivity index (χ4v) is 4.72. The number of para-hydroxylation sites is 1. The van der Waals surface area contributed by atoms with Gasteiger partial charge in [-0.15, -0.1) is 0 Å². The Labute approximate surface area is 187 Å². The SMILES string of the molecule is O=C(NCc1cccnc1)C1CCN(C(=O)c2nn(-c3ccccc3)c3c2CCC3)CC1. The van der Waals surface area contributed by atoms with Gasteiger partial charge in [-0.3, -0.25) is 14.6 Å². The number of fused-ring (bicyclic) bond motifs is 1. The van der Waals surface area contributed by atoms with Crippen LogP contribution in [0.15, 0.2) is 54.9 Å². The summed E-state index contributed by atoms with van der Waals surface area (Å²) >= 11 is 0. The zero-order valence-electron chi connectivity index (χ0n) is 18.0. The zero-order valence-corrected chi connectivity index (χ0v) is 18.0. The molecule has 0 spiro atoms. The predicted molar refractivity (Wildman–Crippen MR) is 120 cm³/mol. The Morgan fingerprint density at radius 1 is 1.03 bits per heavy atom. The second-order valence-corrected chi connectivity index (χ2v) is 8.52. The van der Waals surface area contributed by atoms with Gasteiger partial charge in [0, 0.05) is 49.2 Å². The Kier molecular flexibility index (Phi) is 5.71. The van der Waals surface area contributed by atoms with E-state index in [0.29, 0.717) is 38.2 Å². The van der Waals surface area contributed by atoms with Crippen molar-refractivity contribution in [3.05, 3.63) is 77.4 Å². The van der Waals surface area contributed by atoms with Crippen molar-refractivity contribution in [2.24, 2.45) is 5.92 Å². The Hall–Kier alpha value is -3.48. The zero-order chi connectivity index (χ0) is 21.9. The molecule has 1 aliphatic heterocycles. The molecule has 1 N–H and O–H groups in total. The van der Waals surface area contributed by atoms with Crippen LogP contribution in [-0.4, -0.2) is 44.6 Å². The second kappa shape index (κ2) is 8.94. The normalized spacial score (nSPS) is 16.1. The van der Waals surface area contributed by atoms with Crippen molar-refractivity contribution in [2.45, 2.75) is 38.6 Å². The highest BCUT2D eigenvalue weighted by Crippen LogP contribution is 2.29. The number of likely N-dealkylation sites (tertiary alicyclic amines) is 1. The molecule has 0 bridgehead atoms. The smallest absolute Gasteiger partial charge is 0.274 e. The first kappa shape index (κ1) is 20.4. The number of hydrogen-bond acceptors (Lipinski definition) is 4. The number of pyridine rings is 1. The minimum absolute atomic E-state index is 0.00736. The molecule has 3 heterocycles. The number of amides is 2. The highest BCUT2D eigenvalue weighted by molar-refractivity contribution is 5.94. The van der Waals surface area contributed by atoms with Crippen LogP contribution in [0.3, 0.4) is 0 Å². The summed E-state index contributed by atoms with van der Waals surface area (Å²) in [6, 6.07) is 13.8. The molecule has 2 amide bonds. The first-order valence-corrected chi connectivity index (χ1v) is 11.3. The van der Waals surface area contributed by atoms with Crippen LogP contribution in [-0.2, 0) is 24.2 Å². The highest BCUT2D eigenvalue weighted by atomic mass is 16.2. The van der Waals surface area contributed by atoms with Crippen molar-refractivity contribution < 1.29 is 9.59 Å². The summed E-state index contributed by atoms with van der Waals surface area (Å²) in [7, 11) is 0. The monoisotopic (exact) mass is 429 g/mol. The molecule has 1 saturated heterocycles. The number of piperidine rings is 1. The molecule has 7 nitrogen and oxygen atoms in total. The summed E-state index contributed by atoms with van der Waals surface area (Å²) in [5.74, 6) is -0.0226. The van der Waals surface area contributed by atoms with Crippen LogP contribution in [0.25, 0.3) is 5.69 Å².